The zero-order chi connectivity index (χ0) is 12.2. The fraction of sp³-hybridized carbons (Fsp3) is 0.583. The number of aryl methyl sites for hydroxylation is 1. The molecule has 0 atom stereocenters. The van der Waals surface area contributed by atoms with Crippen molar-refractivity contribution in [1.29, 1.82) is 0 Å². The van der Waals surface area contributed by atoms with E-state index in [4.69, 9.17) is 9.57 Å². The molecule has 0 aliphatic heterocycles. The van der Waals surface area contributed by atoms with E-state index in [-0.39, 0.29) is 5.60 Å². The summed E-state index contributed by atoms with van der Waals surface area (Å²) in [7, 11) is 1.65. The molecule has 1 aromatic rings. The van der Waals surface area contributed by atoms with Gasteiger partial charge in [-0.1, -0.05) is 0 Å². The molecule has 0 saturated heterocycles. The van der Waals surface area contributed by atoms with Crippen molar-refractivity contribution >= 4 is 0 Å². The van der Waals surface area contributed by atoms with Crippen LogP contribution in [0.25, 0.3) is 0 Å². The molecule has 1 heterocycles. The monoisotopic (exact) mass is 224 g/mol. The van der Waals surface area contributed by atoms with E-state index in [1.807, 2.05) is 39.8 Å². The molecule has 0 radical (unpaired) electrons. The summed E-state index contributed by atoms with van der Waals surface area (Å²) in [6, 6.07) is 3.79. The Morgan fingerprint density at radius 2 is 2.00 bits per heavy atom. The number of hydrogen-bond donors (Lipinski definition) is 1. The van der Waals surface area contributed by atoms with Gasteiger partial charge in [0, 0.05) is 17.8 Å². The summed E-state index contributed by atoms with van der Waals surface area (Å²) in [6.07, 6.45) is 0. The maximum Gasteiger partial charge on any atom is 0.122 e. The molecule has 1 rings (SSSR count). The Hall–Kier alpha value is -1.13. The van der Waals surface area contributed by atoms with Crippen LogP contribution in [0.5, 0.6) is 5.75 Å². The first kappa shape index (κ1) is 12.9. The first-order valence-electron chi connectivity index (χ1n) is 5.33. The second-order valence-corrected chi connectivity index (χ2v) is 4.68. The minimum absolute atomic E-state index is 0.200. The summed E-state index contributed by atoms with van der Waals surface area (Å²) >= 11 is 0. The van der Waals surface area contributed by atoms with Gasteiger partial charge in [0.1, 0.15) is 5.75 Å². The maximum atomic E-state index is 5.42. The Morgan fingerprint density at radius 3 is 2.56 bits per heavy atom. The van der Waals surface area contributed by atoms with E-state index in [1.165, 1.54) is 0 Å². The quantitative estimate of drug-likeness (QED) is 0.796. The Labute approximate surface area is 96.9 Å². The summed E-state index contributed by atoms with van der Waals surface area (Å²) in [5.74, 6) is 0.819. The Morgan fingerprint density at radius 1 is 1.31 bits per heavy atom. The van der Waals surface area contributed by atoms with Gasteiger partial charge in [-0.2, -0.15) is 5.48 Å². The van der Waals surface area contributed by atoms with Crippen molar-refractivity contribution in [2.45, 2.75) is 39.8 Å². The predicted octanol–water partition coefficient (Wildman–Crippen LogP) is 2.22. The normalized spacial score (nSPS) is 11.6. The summed E-state index contributed by atoms with van der Waals surface area (Å²) in [6.45, 7) is 8.48. The van der Waals surface area contributed by atoms with Gasteiger partial charge < -0.3 is 4.74 Å². The van der Waals surface area contributed by atoms with E-state index in [0.29, 0.717) is 6.54 Å². The number of pyridine rings is 1. The zero-order valence-electron chi connectivity index (χ0n) is 10.6. The molecular weight excluding hydrogens is 204 g/mol. The first-order chi connectivity index (χ1) is 7.40. The van der Waals surface area contributed by atoms with Gasteiger partial charge >= 0.3 is 0 Å². The summed E-state index contributed by atoms with van der Waals surface area (Å²) in [5.41, 5.74) is 4.54. The van der Waals surface area contributed by atoms with Crippen molar-refractivity contribution in [2.75, 3.05) is 7.11 Å². The van der Waals surface area contributed by atoms with Gasteiger partial charge in [-0.3, -0.25) is 9.82 Å². The predicted molar refractivity (Wildman–Crippen MR) is 63.2 cm³/mol. The van der Waals surface area contributed by atoms with Gasteiger partial charge in [-0.05, 0) is 27.7 Å². The van der Waals surface area contributed by atoms with Gasteiger partial charge in [-0.25, -0.2) is 0 Å². The average molecular weight is 224 g/mol. The second kappa shape index (κ2) is 5.27. The molecule has 0 aliphatic carbocycles. The SMILES string of the molecule is COc1cc(C)nc(CNOC(C)(C)C)c1. The van der Waals surface area contributed by atoms with Crippen LogP contribution in [0.2, 0.25) is 0 Å². The van der Waals surface area contributed by atoms with E-state index in [0.717, 1.165) is 17.1 Å². The number of nitrogens with zero attached hydrogens (tertiary/aromatic N) is 1. The van der Waals surface area contributed by atoms with E-state index in [9.17, 15) is 0 Å². The van der Waals surface area contributed by atoms with Crippen LogP contribution in [0.3, 0.4) is 0 Å². The summed E-state index contributed by atoms with van der Waals surface area (Å²) < 4.78 is 5.17. The molecule has 0 amide bonds. The molecule has 4 nitrogen and oxygen atoms in total. The summed E-state index contributed by atoms with van der Waals surface area (Å²) in [4.78, 5) is 9.79. The Kier molecular flexibility index (Phi) is 4.26. The third-order valence-electron chi connectivity index (χ3n) is 1.85. The molecule has 0 aliphatic rings. The zero-order valence-corrected chi connectivity index (χ0v) is 10.6. The van der Waals surface area contributed by atoms with Gasteiger partial charge in [0.25, 0.3) is 0 Å². The molecule has 1 N–H and O–H groups in total. The van der Waals surface area contributed by atoms with Crippen molar-refractivity contribution in [1.82, 2.24) is 10.5 Å². The number of rotatable bonds is 4. The van der Waals surface area contributed by atoms with Gasteiger partial charge in [-0.15, -0.1) is 0 Å². The number of nitrogens with one attached hydrogen (secondary N) is 1. The van der Waals surface area contributed by atoms with Crippen LogP contribution in [0.4, 0.5) is 0 Å². The number of ether oxygens (including phenoxy) is 1. The van der Waals surface area contributed by atoms with Gasteiger partial charge in [0.05, 0.1) is 24.9 Å². The van der Waals surface area contributed by atoms with Gasteiger partial charge in [0.2, 0.25) is 0 Å². The second-order valence-electron chi connectivity index (χ2n) is 4.68. The summed E-state index contributed by atoms with van der Waals surface area (Å²) in [5, 5.41) is 0. The van der Waals surface area contributed by atoms with Crippen molar-refractivity contribution in [3.8, 4) is 5.75 Å². The Bertz CT molecular complexity index is 345. The number of methoxy groups -OCH3 is 1. The fourth-order valence-electron chi connectivity index (χ4n) is 1.24. The topological polar surface area (TPSA) is 43.4 Å². The number of aromatic nitrogens is 1. The molecule has 0 fully saturated rings. The van der Waals surface area contributed by atoms with Crippen LogP contribution < -0.4 is 10.2 Å². The van der Waals surface area contributed by atoms with Crippen LogP contribution in [0.1, 0.15) is 32.2 Å². The minimum Gasteiger partial charge on any atom is -0.497 e. The molecule has 1 aromatic heterocycles. The van der Waals surface area contributed by atoms with Crippen LogP contribution in [-0.2, 0) is 11.4 Å². The van der Waals surface area contributed by atoms with Crippen LogP contribution in [0.15, 0.2) is 12.1 Å². The molecule has 90 valence electrons. The van der Waals surface area contributed by atoms with E-state index < -0.39 is 0 Å². The third kappa shape index (κ3) is 4.59. The molecular formula is C12H20N2O2. The molecule has 0 saturated carbocycles. The lowest BCUT2D eigenvalue weighted by atomic mass is 10.2. The van der Waals surface area contributed by atoms with Crippen LogP contribution in [-0.4, -0.2) is 17.7 Å². The van der Waals surface area contributed by atoms with E-state index >= 15 is 0 Å². The minimum atomic E-state index is -0.200. The lowest BCUT2D eigenvalue weighted by Crippen LogP contribution is -2.29. The molecule has 16 heavy (non-hydrogen) atoms. The fourth-order valence-corrected chi connectivity index (χ4v) is 1.24. The van der Waals surface area contributed by atoms with Crippen molar-refractivity contribution < 1.29 is 9.57 Å². The highest BCUT2D eigenvalue weighted by Crippen LogP contribution is 2.13. The maximum absolute atomic E-state index is 5.42. The third-order valence-corrected chi connectivity index (χ3v) is 1.85. The van der Waals surface area contributed by atoms with Crippen molar-refractivity contribution in [3.63, 3.8) is 0 Å². The smallest absolute Gasteiger partial charge is 0.122 e. The molecule has 0 unspecified atom stereocenters. The van der Waals surface area contributed by atoms with Crippen LogP contribution in [0, 0.1) is 6.92 Å². The lowest BCUT2D eigenvalue weighted by Gasteiger charge is -2.19. The standard InChI is InChI=1S/C12H20N2O2/c1-9-6-11(15-5)7-10(14-9)8-13-16-12(2,3)4/h6-7,13H,8H2,1-5H3. The molecule has 0 bridgehead atoms. The lowest BCUT2D eigenvalue weighted by molar-refractivity contribution is -0.0761. The van der Waals surface area contributed by atoms with E-state index in [1.54, 1.807) is 7.11 Å². The average Bonchev–Trinajstić information content (AvgIpc) is 2.14. The highest BCUT2D eigenvalue weighted by atomic mass is 16.7. The molecule has 4 heteroatoms. The first-order valence-corrected chi connectivity index (χ1v) is 5.33. The van der Waals surface area contributed by atoms with Crippen molar-refractivity contribution in [3.05, 3.63) is 23.5 Å². The van der Waals surface area contributed by atoms with Crippen molar-refractivity contribution in [2.24, 2.45) is 0 Å². The molecule has 0 spiro atoms. The van der Waals surface area contributed by atoms with E-state index in [2.05, 4.69) is 10.5 Å². The van der Waals surface area contributed by atoms with Gasteiger partial charge in [0.15, 0.2) is 0 Å². The molecule has 0 aromatic carbocycles. The largest absolute Gasteiger partial charge is 0.497 e. The highest BCUT2D eigenvalue weighted by molar-refractivity contribution is 5.26. The van der Waals surface area contributed by atoms with Crippen LogP contribution >= 0.6 is 0 Å². The highest BCUT2D eigenvalue weighted by Gasteiger charge is 2.10. The Balaban J connectivity index is 2.57. The number of hydroxylamine groups is 1. The number of hydrogen-bond acceptors (Lipinski definition) is 4.